The van der Waals surface area contributed by atoms with Crippen molar-refractivity contribution in [2.75, 3.05) is 6.61 Å². The normalized spacial score (nSPS) is 12.5. The number of H-pyrrole nitrogens is 1. The summed E-state index contributed by atoms with van der Waals surface area (Å²) in [5.74, 6) is 0.665. The molecule has 1 atom stereocenters. The molecule has 2 aromatic rings. The van der Waals surface area contributed by atoms with Crippen molar-refractivity contribution < 1.29 is 9.84 Å². The Hall–Kier alpha value is -1.75. The number of pyridine rings is 1. The van der Waals surface area contributed by atoms with E-state index in [-0.39, 0.29) is 5.56 Å². The van der Waals surface area contributed by atoms with Crippen LogP contribution in [0.25, 0.3) is 10.9 Å². The molecule has 0 radical (unpaired) electrons. The van der Waals surface area contributed by atoms with Gasteiger partial charge >= 0.3 is 0 Å². The highest BCUT2D eigenvalue weighted by atomic mass is 16.5. The van der Waals surface area contributed by atoms with Gasteiger partial charge in [-0.25, -0.2) is 0 Å². The lowest BCUT2D eigenvalue weighted by Crippen LogP contribution is -2.07. The first-order valence-corrected chi connectivity index (χ1v) is 7.14. The second-order valence-corrected chi connectivity index (χ2v) is 4.89. The summed E-state index contributed by atoms with van der Waals surface area (Å²) >= 11 is 0. The summed E-state index contributed by atoms with van der Waals surface area (Å²) in [4.78, 5) is 14.4. The maximum atomic E-state index is 11.5. The zero-order valence-corrected chi connectivity index (χ0v) is 12.0. The monoisotopic (exact) mass is 273 g/mol. The fourth-order valence-electron chi connectivity index (χ4n) is 2.21. The van der Waals surface area contributed by atoms with E-state index >= 15 is 0 Å². The van der Waals surface area contributed by atoms with Crippen molar-refractivity contribution in [1.29, 1.82) is 0 Å². The van der Waals surface area contributed by atoms with Gasteiger partial charge in [-0.3, -0.25) is 4.79 Å². The minimum absolute atomic E-state index is 0.166. The summed E-state index contributed by atoms with van der Waals surface area (Å²) in [6, 6.07) is 6.91. The molecule has 0 unspecified atom stereocenters. The van der Waals surface area contributed by atoms with Crippen LogP contribution in [0.5, 0.6) is 5.75 Å². The van der Waals surface area contributed by atoms with Crippen molar-refractivity contribution in [1.82, 2.24) is 4.98 Å². The van der Waals surface area contributed by atoms with Crippen LogP contribution in [0.3, 0.4) is 0 Å². The lowest BCUT2D eigenvalue weighted by atomic mass is 9.92. The van der Waals surface area contributed by atoms with Gasteiger partial charge in [0, 0.05) is 11.5 Å². The first-order chi connectivity index (χ1) is 9.67. The number of benzene rings is 1. The minimum Gasteiger partial charge on any atom is -0.491 e. The van der Waals surface area contributed by atoms with Crippen LogP contribution in [0.2, 0.25) is 6.32 Å². The molecule has 0 saturated heterocycles. The van der Waals surface area contributed by atoms with Crippen LogP contribution in [-0.2, 0) is 0 Å². The molecule has 0 amide bonds. The Balaban J connectivity index is 2.50. The highest BCUT2D eigenvalue weighted by Crippen LogP contribution is 2.30. The summed E-state index contributed by atoms with van der Waals surface area (Å²) in [5, 5.41) is 10.9. The van der Waals surface area contributed by atoms with E-state index in [1.807, 2.05) is 20.0 Å². The van der Waals surface area contributed by atoms with Crippen LogP contribution in [0.4, 0.5) is 0 Å². The zero-order valence-electron chi connectivity index (χ0n) is 12.0. The number of rotatable bonds is 6. The van der Waals surface area contributed by atoms with Gasteiger partial charge in [0.15, 0.2) is 0 Å². The molecule has 20 heavy (non-hydrogen) atoms. The number of fused-ring (bicyclic) bond motifs is 1. The van der Waals surface area contributed by atoms with Gasteiger partial charge in [-0.15, -0.1) is 0 Å². The van der Waals surface area contributed by atoms with Gasteiger partial charge in [-0.1, -0.05) is 25.7 Å². The van der Waals surface area contributed by atoms with Gasteiger partial charge in [0.25, 0.3) is 0 Å². The van der Waals surface area contributed by atoms with Crippen LogP contribution in [0.1, 0.15) is 31.4 Å². The largest absolute Gasteiger partial charge is 0.491 e. The number of aromatic amines is 1. The van der Waals surface area contributed by atoms with E-state index < -0.39 is 6.10 Å². The third kappa shape index (κ3) is 3.04. The van der Waals surface area contributed by atoms with Crippen molar-refractivity contribution >= 4 is 18.7 Å². The van der Waals surface area contributed by atoms with Crippen LogP contribution < -0.4 is 10.3 Å². The highest BCUT2D eigenvalue weighted by molar-refractivity contribution is 6.09. The van der Waals surface area contributed by atoms with Crippen molar-refractivity contribution in [3.63, 3.8) is 0 Å². The van der Waals surface area contributed by atoms with E-state index in [9.17, 15) is 9.90 Å². The average molecular weight is 273 g/mol. The van der Waals surface area contributed by atoms with E-state index in [1.165, 1.54) is 6.07 Å². The third-order valence-corrected chi connectivity index (χ3v) is 3.39. The van der Waals surface area contributed by atoms with E-state index in [0.717, 1.165) is 23.8 Å². The molecule has 0 spiro atoms. The van der Waals surface area contributed by atoms with Crippen molar-refractivity contribution in [2.45, 2.75) is 32.2 Å². The summed E-state index contributed by atoms with van der Waals surface area (Å²) in [6.07, 6.45) is 2.12. The number of hydrogen-bond donors (Lipinski definition) is 2. The molecular formula is C15H20BNO3. The smallest absolute Gasteiger partial charge is 0.248 e. The minimum atomic E-state index is -0.534. The molecule has 1 aromatic heterocycles. The van der Waals surface area contributed by atoms with E-state index in [4.69, 9.17) is 4.74 Å². The second kappa shape index (κ2) is 6.61. The van der Waals surface area contributed by atoms with Crippen LogP contribution in [-0.4, -0.2) is 24.5 Å². The van der Waals surface area contributed by atoms with Crippen LogP contribution in [0.15, 0.2) is 29.1 Å². The fourth-order valence-corrected chi connectivity index (χ4v) is 2.21. The molecule has 2 N–H and O–H groups in total. The molecule has 0 aliphatic carbocycles. The number of aromatic nitrogens is 1. The number of aliphatic hydroxyl groups is 1. The Morgan fingerprint density at radius 3 is 2.85 bits per heavy atom. The second-order valence-electron chi connectivity index (χ2n) is 4.89. The van der Waals surface area contributed by atoms with E-state index in [2.05, 4.69) is 11.9 Å². The Labute approximate surface area is 119 Å². The van der Waals surface area contributed by atoms with E-state index in [1.54, 1.807) is 6.07 Å². The van der Waals surface area contributed by atoms with Crippen LogP contribution in [0, 0.1) is 0 Å². The van der Waals surface area contributed by atoms with Crippen molar-refractivity contribution in [2.24, 2.45) is 0 Å². The van der Waals surface area contributed by atoms with Crippen LogP contribution >= 0.6 is 0 Å². The molecule has 0 bridgehead atoms. The summed E-state index contributed by atoms with van der Waals surface area (Å²) < 4.78 is 5.73. The molecule has 5 heteroatoms. The average Bonchev–Trinajstić information content (AvgIpc) is 2.46. The first-order valence-electron chi connectivity index (χ1n) is 7.14. The predicted octanol–water partition coefficient (Wildman–Crippen LogP) is 1.79. The summed E-state index contributed by atoms with van der Waals surface area (Å²) in [7, 11) is 1.92. The third-order valence-electron chi connectivity index (χ3n) is 3.39. The molecule has 2 rings (SSSR count). The number of ether oxygens (including phenoxy) is 1. The highest BCUT2D eigenvalue weighted by Gasteiger charge is 2.13. The predicted molar refractivity (Wildman–Crippen MR) is 83.3 cm³/mol. The van der Waals surface area contributed by atoms with Crippen molar-refractivity contribution in [3.8, 4) is 5.75 Å². The Bertz CT molecular complexity index is 639. The number of nitrogens with one attached hydrogen (secondary N) is 1. The molecule has 106 valence electrons. The standard InChI is InChI=1S/C15H20BNO3/c1-2-3-8-20-13-6-4-10(12(18)9-16)11-5-7-14(19)17-15(11)13/h4-7,12,18H,2-3,8-9,16H2,1H3,(H,17,19)/t12-/m0/s1. The molecule has 1 heterocycles. The summed E-state index contributed by atoms with van der Waals surface area (Å²) in [5.41, 5.74) is 1.32. The van der Waals surface area contributed by atoms with Gasteiger partial charge in [-0.2, -0.15) is 0 Å². The molecule has 4 nitrogen and oxygen atoms in total. The van der Waals surface area contributed by atoms with Gasteiger partial charge < -0.3 is 14.8 Å². The zero-order chi connectivity index (χ0) is 14.5. The topological polar surface area (TPSA) is 62.3 Å². The van der Waals surface area contributed by atoms with Gasteiger partial charge in [0.1, 0.15) is 13.6 Å². The number of unbranched alkanes of at least 4 members (excludes halogenated alkanes) is 1. The van der Waals surface area contributed by atoms with Gasteiger partial charge in [0.2, 0.25) is 5.56 Å². The molecule has 1 aromatic carbocycles. The first kappa shape index (κ1) is 14.7. The maximum Gasteiger partial charge on any atom is 0.248 e. The molecule has 0 aliphatic heterocycles. The Kier molecular flexibility index (Phi) is 4.85. The lowest BCUT2D eigenvalue weighted by molar-refractivity contribution is 0.201. The molecule has 0 aliphatic rings. The SMILES string of the molecule is BC[C@H](O)c1ccc(OCCCC)c2[nH]c(=O)ccc12. The van der Waals surface area contributed by atoms with Gasteiger partial charge in [-0.05, 0) is 24.1 Å². The number of hydrogen-bond acceptors (Lipinski definition) is 3. The van der Waals surface area contributed by atoms with Gasteiger partial charge in [0.05, 0.1) is 18.2 Å². The van der Waals surface area contributed by atoms with E-state index in [0.29, 0.717) is 24.2 Å². The maximum absolute atomic E-state index is 11.5. The lowest BCUT2D eigenvalue weighted by Gasteiger charge is -2.15. The fraction of sp³-hybridized carbons (Fsp3) is 0.400. The molecule has 0 saturated carbocycles. The molecule has 0 fully saturated rings. The molecular weight excluding hydrogens is 253 g/mol. The quantitative estimate of drug-likeness (QED) is 0.623. The Morgan fingerprint density at radius 1 is 1.35 bits per heavy atom. The Morgan fingerprint density at radius 2 is 2.15 bits per heavy atom. The number of aliphatic hydroxyl groups excluding tert-OH is 1. The summed E-state index contributed by atoms with van der Waals surface area (Å²) in [6.45, 7) is 2.72. The van der Waals surface area contributed by atoms with Crippen molar-refractivity contribution in [3.05, 3.63) is 40.2 Å².